The number of nitrogens with one attached hydrogen (secondary N) is 1. The Morgan fingerprint density at radius 2 is 2.04 bits per heavy atom. The summed E-state index contributed by atoms with van der Waals surface area (Å²) in [5, 5.41) is 0.632. The lowest BCUT2D eigenvalue weighted by molar-refractivity contribution is 0.427. The van der Waals surface area contributed by atoms with E-state index in [0.29, 0.717) is 38.5 Å². The van der Waals surface area contributed by atoms with E-state index in [-0.39, 0.29) is 5.75 Å². The zero-order valence-corrected chi connectivity index (χ0v) is 15.2. The van der Waals surface area contributed by atoms with Crippen molar-refractivity contribution >= 4 is 32.8 Å². The number of nitrogens with two attached hydrogens (primary N) is 1. The molecule has 3 heterocycles. The highest BCUT2D eigenvalue weighted by Gasteiger charge is 2.17. The molecule has 0 saturated carbocycles. The zero-order valence-electron chi connectivity index (χ0n) is 13.6. The first-order valence-corrected chi connectivity index (χ1v) is 8.51. The Labute approximate surface area is 156 Å². The molecule has 4 rings (SSSR count). The van der Waals surface area contributed by atoms with Crippen LogP contribution in [0.3, 0.4) is 0 Å². The van der Waals surface area contributed by atoms with E-state index in [1.54, 1.807) is 24.3 Å². The van der Waals surface area contributed by atoms with Crippen LogP contribution in [0.15, 0.2) is 47.3 Å². The summed E-state index contributed by atoms with van der Waals surface area (Å²) < 4.78 is 20.8. The predicted octanol–water partition coefficient (Wildman–Crippen LogP) is 4.60. The smallest absolute Gasteiger partial charge is 0.219 e. The summed E-state index contributed by atoms with van der Waals surface area (Å²) >= 11 is 3.44. The van der Waals surface area contributed by atoms with Crippen LogP contribution in [0.25, 0.3) is 22.2 Å². The lowest BCUT2D eigenvalue weighted by atomic mass is 10.1. The number of anilines is 1. The summed E-state index contributed by atoms with van der Waals surface area (Å²) in [5.41, 5.74) is 8.65. The molecule has 4 aromatic rings. The molecule has 0 saturated heterocycles. The highest BCUT2D eigenvalue weighted by molar-refractivity contribution is 9.10. The third kappa shape index (κ3) is 2.88. The maximum Gasteiger partial charge on any atom is 0.219 e. The molecule has 0 bridgehead atoms. The minimum atomic E-state index is -0.512. The Morgan fingerprint density at radius 3 is 2.81 bits per heavy atom. The molecule has 3 N–H and O–H groups in total. The molecule has 0 aliphatic rings. The first kappa shape index (κ1) is 16.5. The molecule has 0 unspecified atom stereocenters. The molecule has 26 heavy (non-hydrogen) atoms. The number of aryl methyl sites for hydroxylation is 1. The van der Waals surface area contributed by atoms with Gasteiger partial charge in [0.25, 0.3) is 0 Å². The Morgan fingerprint density at radius 1 is 1.19 bits per heavy atom. The van der Waals surface area contributed by atoms with Crippen molar-refractivity contribution in [2.75, 3.05) is 5.73 Å². The van der Waals surface area contributed by atoms with Crippen LogP contribution in [0.1, 0.15) is 5.69 Å². The van der Waals surface area contributed by atoms with Gasteiger partial charge in [0, 0.05) is 17.3 Å². The van der Waals surface area contributed by atoms with Gasteiger partial charge >= 0.3 is 0 Å². The van der Waals surface area contributed by atoms with Crippen LogP contribution in [0.4, 0.5) is 10.2 Å². The van der Waals surface area contributed by atoms with Crippen LogP contribution in [-0.4, -0.2) is 19.9 Å². The van der Waals surface area contributed by atoms with Gasteiger partial charge in [-0.2, -0.15) is 0 Å². The van der Waals surface area contributed by atoms with Gasteiger partial charge in [0.05, 0.1) is 9.99 Å². The summed E-state index contributed by atoms with van der Waals surface area (Å²) in [5.74, 6) is 0.230. The second kappa shape index (κ2) is 6.38. The number of rotatable bonds is 3. The first-order chi connectivity index (χ1) is 12.5. The van der Waals surface area contributed by atoms with Crippen molar-refractivity contribution in [2.45, 2.75) is 6.92 Å². The average molecular weight is 414 g/mol. The fourth-order valence-corrected chi connectivity index (χ4v) is 3.33. The number of fused-ring (bicyclic) bond motifs is 1. The molecule has 0 radical (unpaired) electrons. The van der Waals surface area contributed by atoms with Crippen LogP contribution in [0.5, 0.6) is 11.6 Å². The number of hydrogen-bond donors (Lipinski definition) is 2. The van der Waals surface area contributed by atoms with E-state index in [2.05, 4.69) is 35.9 Å². The van der Waals surface area contributed by atoms with Crippen molar-refractivity contribution in [3.63, 3.8) is 0 Å². The van der Waals surface area contributed by atoms with Gasteiger partial charge in [0.2, 0.25) is 5.88 Å². The van der Waals surface area contributed by atoms with Gasteiger partial charge in [-0.1, -0.05) is 12.1 Å². The van der Waals surface area contributed by atoms with Gasteiger partial charge in [-0.15, -0.1) is 0 Å². The van der Waals surface area contributed by atoms with Crippen LogP contribution in [-0.2, 0) is 0 Å². The molecule has 1 aromatic carbocycles. The lowest BCUT2D eigenvalue weighted by Gasteiger charge is -2.08. The van der Waals surface area contributed by atoms with Crippen molar-refractivity contribution < 1.29 is 9.13 Å². The monoisotopic (exact) mass is 413 g/mol. The third-order valence-corrected chi connectivity index (χ3v) is 4.47. The summed E-state index contributed by atoms with van der Waals surface area (Å²) in [6.07, 6.45) is 1.37. The fraction of sp³-hybridized carbons (Fsp3) is 0.0556. The normalized spacial score (nSPS) is 11.0. The molecule has 0 atom stereocenters. The first-order valence-electron chi connectivity index (χ1n) is 7.72. The average Bonchev–Trinajstić information content (AvgIpc) is 2.94. The predicted molar refractivity (Wildman–Crippen MR) is 100 cm³/mol. The van der Waals surface area contributed by atoms with E-state index >= 15 is 0 Å². The van der Waals surface area contributed by atoms with Crippen LogP contribution < -0.4 is 10.5 Å². The number of aromatic nitrogens is 4. The number of ether oxygens (including phenoxy) is 1. The largest absolute Gasteiger partial charge is 0.436 e. The maximum absolute atomic E-state index is 14.6. The Hall–Kier alpha value is -3.00. The zero-order chi connectivity index (χ0) is 18.3. The molecule has 6 nitrogen and oxygen atoms in total. The second-order valence-corrected chi connectivity index (χ2v) is 6.45. The van der Waals surface area contributed by atoms with Crippen LogP contribution in [0, 0.1) is 12.7 Å². The number of benzene rings is 1. The highest BCUT2D eigenvalue weighted by Crippen LogP contribution is 2.38. The number of pyridine rings is 1. The number of H-pyrrole nitrogens is 1. The molecule has 8 heteroatoms. The number of halogens is 2. The number of aromatic amines is 1. The third-order valence-electron chi connectivity index (χ3n) is 3.87. The SMILES string of the molecule is Cc1cccc(Oc2ccc(-c3c(Br)[nH]c4ncnc(N)c34)cc2F)n1. The molecule has 130 valence electrons. The number of nitrogens with zero attached hydrogens (tertiary/aromatic N) is 3. The minimum absolute atomic E-state index is 0.0898. The van der Waals surface area contributed by atoms with Gasteiger partial charge in [-0.05, 0) is 46.6 Å². The topological polar surface area (TPSA) is 89.7 Å². The molecule has 0 fully saturated rings. The van der Waals surface area contributed by atoms with Crippen molar-refractivity contribution in [3.8, 4) is 22.8 Å². The minimum Gasteiger partial charge on any atom is -0.436 e. The Balaban J connectivity index is 1.76. The highest BCUT2D eigenvalue weighted by atomic mass is 79.9. The molecule has 0 aliphatic carbocycles. The maximum atomic E-state index is 14.6. The fourth-order valence-electron chi connectivity index (χ4n) is 2.71. The van der Waals surface area contributed by atoms with E-state index in [0.717, 1.165) is 5.69 Å². The Kier molecular flexibility index (Phi) is 4.04. The van der Waals surface area contributed by atoms with Gasteiger partial charge in [0.1, 0.15) is 17.8 Å². The van der Waals surface area contributed by atoms with Gasteiger partial charge < -0.3 is 15.5 Å². The van der Waals surface area contributed by atoms with E-state index < -0.39 is 5.82 Å². The number of nitrogen functional groups attached to an aromatic ring is 1. The van der Waals surface area contributed by atoms with Crippen LogP contribution in [0.2, 0.25) is 0 Å². The Bertz CT molecular complexity index is 1130. The quantitative estimate of drug-likeness (QED) is 0.511. The van der Waals surface area contributed by atoms with E-state index in [9.17, 15) is 4.39 Å². The molecule has 3 aromatic heterocycles. The van der Waals surface area contributed by atoms with Gasteiger partial charge in [-0.3, -0.25) is 0 Å². The molecule has 0 spiro atoms. The van der Waals surface area contributed by atoms with Crippen LogP contribution >= 0.6 is 15.9 Å². The van der Waals surface area contributed by atoms with Gasteiger partial charge in [-0.25, -0.2) is 19.3 Å². The lowest BCUT2D eigenvalue weighted by Crippen LogP contribution is -1.94. The summed E-state index contributed by atoms with van der Waals surface area (Å²) in [4.78, 5) is 15.4. The second-order valence-electron chi connectivity index (χ2n) is 5.66. The number of hydrogen-bond acceptors (Lipinski definition) is 5. The van der Waals surface area contributed by atoms with E-state index in [1.807, 2.05) is 13.0 Å². The summed E-state index contributed by atoms with van der Waals surface area (Å²) in [6.45, 7) is 1.84. The summed E-state index contributed by atoms with van der Waals surface area (Å²) in [7, 11) is 0. The standard InChI is InChI=1S/C18H13BrFN5O/c1-9-3-2-4-13(24-9)26-12-6-5-10(7-11(12)20)14-15-17(21)22-8-23-18(15)25-16(14)19/h2-8H,1H3,(H3,21,22,23,25). The van der Waals surface area contributed by atoms with E-state index in [4.69, 9.17) is 10.5 Å². The molecular formula is C18H13BrFN5O. The van der Waals surface area contributed by atoms with Gasteiger partial charge in [0.15, 0.2) is 11.6 Å². The van der Waals surface area contributed by atoms with Crippen molar-refractivity contribution in [2.24, 2.45) is 0 Å². The van der Waals surface area contributed by atoms with Crippen molar-refractivity contribution in [1.29, 1.82) is 0 Å². The molecular weight excluding hydrogens is 401 g/mol. The van der Waals surface area contributed by atoms with E-state index in [1.165, 1.54) is 12.4 Å². The summed E-state index contributed by atoms with van der Waals surface area (Å²) in [6, 6.07) is 10.00. The molecule has 0 aliphatic heterocycles. The van der Waals surface area contributed by atoms with Crippen molar-refractivity contribution in [1.82, 2.24) is 19.9 Å². The molecule has 0 amide bonds. The van der Waals surface area contributed by atoms with Crippen molar-refractivity contribution in [3.05, 3.63) is 58.8 Å².